The van der Waals surface area contributed by atoms with Gasteiger partial charge in [0.1, 0.15) is 0 Å². The van der Waals surface area contributed by atoms with Gasteiger partial charge in [0, 0.05) is 36.6 Å². The van der Waals surface area contributed by atoms with Gasteiger partial charge in [0.05, 0.1) is 0 Å². The highest BCUT2D eigenvalue weighted by Crippen LogP contribution is 2.21. The van der Waals surface area contributed by atoms with Gasteiger partial charge < -0.3 is 20.7 Å². The quantitative estimate of drug-likeness (QED) is 0.700. The molecule has 0 aliphatic carbocycles. The fourth-order valence-corrected chi connectivity index (χ4v) is 2.33. The molecule has 0 radical (unpaired) electrons. The normalized spacial score (nSPS) is 10.9. The van der Waals surface area contributed by atoms with Crippen LogP contribution in [0.25, 0.3) is 0 Å². The molecule has 0 saturated heterocycles. The van der Waals surface area contributed by atoms with E-state index in [-0.39, 0.29) is 23.9 Å². The first-order valence-electron chi connectivity index (χ1n) is 8.21. The lowest BCUT2D eigenvalue weighted by Gasteiger charge is -2.14. The second-order valence-electron chi connectivity index (χ2n) is 5.74. The van der Waals surface area contributed by atoms with E-state index in [1.807, 2.05) is 0 Å². The molecule has 150 valence electrons. The lowest BCUT2D eigenvalue weighted by molar-refractivity contribution is -0.154. The van der Waals surface area contributed by atoms with E-state index in [0.717, 1.165) is 0 Å². The highest BCUT2D eigenvalue weighted by molar-refractivity contribution is 5.98. The standard InChI is InChI=1S/C18H19F3N4O3/c1-11-13(15(26)22-2)6-3-7-14(11)25-17(27)24-9-12-5-4-8-23-16(12)28-10-18(19,20)21/h3-8H,9-10H2,1-2H3,(H,22,26)(H2,24,25,27). The number of hydrogen-bond acceptors (Lipinski definition) is 4. The Hall–Kier alpha value is -3.30. The zero-order valence-corrected chi connectivity index (χ0v) is 15.2. The summed E-state index contributed by atoms with van der Waals surface area (Å²) in [5.41, 5.74) is 1.71. The van der Waals surface area contributed by atoms with E-state index in [1.54, 1.807) is 25.1 Å². The minimum atomic E-state index is -4.49. The number of amides is 3. The molecule has 0 spiro atoms. The third kappa shape index (κ3) is 5.86. The van der Waals surface area contributed by atoms with Crippen molar-refractivity contribution in [2.45, 2.75) is 19.6 Å². The predicted molar refractivity (Wildman–Crippen MR) is 96.2 cm³/mol. The number of hydrogen-bond donors (Lipinski definition) is 3. The van der Waals surface area contributed by atoms with E-state index in [0.29, 0.717) is 16.8 Å². The summed E-state index contributed by atoms with van der Waals surface area (Å²) in [6.07, 6.45) is -3.20. The molecule has 0 aliphatic rings. The summed E-state index contributed by atoms with van der Waals surface area (Å²) in [4.78, 5) is 27.7. The molecule has 0 saturated carbocycles. The zero-order chi connectivity index (χ0) is 20.7. The van der Waals surface area contributed by atoms with Crippen molar-refractivity contribution in [1.29, 1.82) is 0 Å². The van der Waals surface area contributed by atoms with Crippen molar-refractivity contribution in [3.8, 4) is 5.88 Å². The van der Waals surface area contributed by atoms with Crippen LogP contribution in [-0.2, 0) is 6.54 Å². The first kappa shape index (κ1) is 21.0. The van der Waals surface area contributed by atoms with Gasteiger partial charge in [0.2, 0.25) is 5.88 Å². The Bertz CT molecular complexity index is 856. The van der Waals surface area contributed by atoms with Gasteiger partial charge in [-0.05, 0) is 30.7 Å². The van der Waals surface area contributed by atoms with Gasteiger partial charge in [-0.15, -0.1) is 0 Å². The highest BCUT2D eigenvalue weighted by Gasteiger charge is 2.29. The van der Waals surface area contributed by atoms with Crippen molar-refractivity contribution < 1.29 is 27.5 Å². The van der Waals surface area contributed by atoms with Crippen molar-refractivity contribution in [3.05, 3.63) is 53.2 Å². The van der Waals surface area contributed by atoms with E-state index < -0.39 is 18.8 Å². The zero-order valence-electron chi connectivity index (χ0n) is 15.2. The molecule has 3 N–H and O–H groups in total. The molecule has 1 aromatic carbocycles. The molecule has 0 bridgehead atoms. The van der Waals surface area contributed by atoms with Crippen LogP contribution in [-0.4, -0.2) is 36.8 Å². The van der Waals surface area contributed by atoms with E-state index in [4.69, 9.17) is 0 Å². The van der Waals surface area contributed by atoms with E-state index in [2.05, 4.69) is 25.7 Å². The fraction of sp³-hybridized carbons (Fsp3) is 0.278. The van der Waals surface area contributed by atoms with Gasteiger partial charge in [-0.25, -0.2) is 9.78 Å². The molecule has 0 fully saturated rings. The molecule has 3 amide bonds. The Morgan fingerprint density at radius 2 is 1.93 bits per heavy atom. The van der Waals surface area contributed by atoms with Gasteiger partial charge in [0.25, 0.3) is 5.91 Å². The van der Waals surface area contributed by atoms with Crippen LogP contribution in [0, 0.1) is 6.92 Å². The molecule has 10 heteroatoms. The summed E-state index contributed by atoms with van der Waals surface area (Å²) < 4.78 is 41.6. The second kappa shape index (κ2) is 9.07. The topological polar surface area (TPSA) is 92.4 Å². The molecule has 1 aromatic heterocycles. The molecule has 2 aromatic rings. The van der Waals surface area contributed by atoms with Crippen molar-refractivity contribution in [2.75, 3.05) is 19.0 Å². The number of pyridine rings is 1. The summed E-state index contributed by atoms with van der Waals surface area (Å²) in [6, 6.07) is 7.29. The van der Waals surface area contributed by atoms with E-state index >= 15 is 0 Å². The second-order valence-corrected chi connectivity index (χ2v) is 5.74. The molecule has 1 heterocycles. The number of rotatable bonds is 6. The SMILES string of the molecule is CNC(=O)c1cccc(NC(=O)NCc2cccnc2OCC(F)(F)F)c1C. The van der Waals surface area contributed by atoms with Gasteiger partial charge in [-0.3, -0.25) is 4.79 Å². The molecule has 0 unspecified atom stereocenters. The largest absolute Gasteiger partial charge is 0.468 e. The number of anilines is 1. The number of aromatic nitrogens is 1. The fourth-order valence-electron chi connectivity index (χ4n) is 2.33. The van der Waals surface area contributed by atoms with E-state index in [9.17, 15) is 22.8 Å². The number of benzene rings is 1. The number of carbonyl (C=O) groups excluding carboxylic acids is 2. The number of urea groups is 1. The number of ether oxygens (including phenoxy) is 1. The molecule has 0 aliphatic heterocycles. The van der Waals surface area contributed by atoms with Crippen LogP contribution in [0.1, 0.15) is 21.5 Å². The molecule has 2 rings (SSSR count). The molecular formula is C18H19F3N4O3. The first-order chi connectivity index (χ1) is 13.2. The van der Waals surface area contributed by atoms with Crippen LogP contribution in [0.3, 0.4) is 0 Å². The van der Waals surface area contributed by atoms with Crippen LogP contribution >= 0.6 is 0 Å². The minimum absolute atomic E-state index is 0.0962. The van der Waals surface area contributed by atoms with Crippen molar-refractivity contribution in [1.82, 2.24) is 15.6 Å². The van der Waals surface area contributed by atoms with Gasteiger partial charge in [-0.1, -0.05) is 12.1 Å². The Morgan fingerprint density at radius 1 is 1.18 bits per heavy atom. The lowest BCUT2D eigenvalue weighted by Crippen LogP contribution is -2.29. The van der Waals surface area contributed by atoms with Crippen LogP contribution in [0.4, 0.5) is 23.7 Å². The number of carbonyl (C=O) groups is 2. The predicted octanol–water partition coefficient (Wildman–Crippen LogP) is 3.01. The maximum atomic E-state index is 12.3. The summed E-state index contributed by atoms with van der Waals surface area (Å²) in [6.45, 7) is 0.111. The van der Waals surface area contributed by atoms with Crippen LogP contribution in [0.15, 0.2) is 36.5 Å². The van der Waals surface area contributed by atoms with Crippen LogP contribution in [0.5, 0.6) is 5.88 Å². The minimum Gasteiger partial charge on any atom is -0.468 e. The number of nitrogens with zero attached hydrogens (tertiary/aromatic N) is 1. The van der Waals surface area contributed by atoms with E-state index in [1.165, 1.54) is 25.4 Å². The van der Waals surface area contributed by atoms with Crippen molar-refractivity contribution in [2.24, 2.45) is 0 Å². The summed E-state index contributed by atoms with van der Waals surface area (Å²) in [5, 5.41) is 7.64. The third-order valence-electron chi connectivity index (χ3n) is 3.72. The average molecular weight is 396 g/mol. The molecular weight excluding hydrogens is 377 g/mol. The number of nitrogens with one attached hydrogen (secondary N) is 3. The molecule has 0 atom stereocenters. The van der Waals surface area contributed by atoms with Crippen LogP contribution in [0.2, 0.25) is 0 Å². The highest BCUT2D eigenvalue weighted by atomic mass is 19.4. The molecule has 7 nitrogen and oxygen atoms in total. The third-order valence-corrected chi connectivity index (χ3v) is 3.72. The van der Waals surface area contributed by atoms with Crippen molar-refractivity contribution in [3.63, 3.8) is 0 Å². The summed E-state index contributed by atoms with van der Waals surface area (Å²) in [5.74, 6) is -0.499. The monoisotopic (exact) mass is 396 g/mol. The van der Waals surface area contributed by atoms with Gasteiger partial charge in [0.15, 0.2) is 6.61 Å². The Kier molecular flexibility index (Phi) is 6.80. The summed E-state index contributed by atoms with van der Waals surface area (Å²) in [7, 11) is 1.50. The first-order valence-corrected chi connectivity index (χ1v) is 8.21. The van der Waals surface area contributed by atoms with Gasteiger partial charge >= 0.3 is 12.2 Å². The van der Waals surface area contributed by atoms with Crippen LogP contribution < -0.4 is 20.7 Å². The Labute approximate surface area is 159 Å². The lowest BCUT2D eigenvalue weighted by atomic mass is 10.1. The Balaban J connectivity index is 2.01. The number of alkyl halides is 3. The maximum absolute atomic E-state index is 12.3. The average Bonchev–Trinajstić information content (AvgIpc) is 2.65. The Morgan fingerprint density at radius 3 is 2.61 bits per heavy atom. The number of halogens is 3. The summed E-state index contributed by atoms with van der Waals surface area (Å²) >= 11 is 0. The van der Waals surface area contributed by atoms with Crippen molar-refractivity contribution >= 4 is 17.6 Å². The maximum Gasteiger partial charge on any atom is 0.422 e. The smallest absolute Gasteiger partial charge is 0.422 e. The van der Waals surface area contributed by atoms with Gasteiger partial charge in [-0.2, -0.15) is 13.2 Å². The molecule has 28 heavy (non-hydrogen) atoms.